The van der Waals surface area contributed by atoms with E-state index in [2.05, 4.69) is 27.4 Å². The number of Topliss-reactive ketones (excluding diaryl/α,β-unsaturated/α-hetero) is 1. The van der Waals surface area contributed by atoms with Crippen LogP contribution in [0.1, 0.15) is 59.3 Å². The van der Waals surface area contributed by atoms with Crippen LogP contribution < -0.4 is 0 Å². The van der Waals surface area contributed by atoms with Gasteiger partial charge in [0.05, 0.1) is 11.0 Å². The van der Waals surface area contributed by atoms with Crippen LogP contribution in [-0.4, -0.2) is 25.7 Å². The van der Waals surface area contributed by atoms with E-state index in [1.807, 2.05) is 12.1 Å². The molecule has 1 heterocycles. The lowest BCUT2D eigenvalue weighted by Crippen LogP contribution is -2.52. The third-order valence-corrected chi connectivity index (χ3v) is 9.81. The molecule has 0 unspecified atom stereocenters. The number of ether oxygens (including phenoxy) is 1. The van der Waals surface area contributed by atoms with Crippen molar-refractivity contribution in [3.63, 3.8) is 0 Å². The molecule has 0 N–H and O–H groups in total. The van der Waals surface area contributed by atoms with E-state index in [4.69, 9.17) is 4.74 Å². The molecular formula is C25H32O4S. The molecule has 1 aromatic rings. The van der Waals surface area contributed by atoms with Crippen molar-refractivity contribution in [3.05, 3.63) is 54.1 Å². The second kappa shape index (κ2) is 7.45. The van der Waals surface area contributed by atoms with Crippen LogP contribution >= 0.6 is 0 Å². The van der Waals surface area contributed by atoms with E-state index in [0.29, 0.717) is 19.3 Å². The summed E-state index contributed by atoms with van der Waals surface area (Å²) in [7, 11) is -3.67. The SMILES string of the molecule is C=C[C@]1(C)C[C@H]([C@]2(C)C3=C(CCC3=O)CC[C@H]2C)O[C@@H](S(=O)(=O)c2ccccc2)C1. The van der Waals surface area contributed by atoms with Crippen molar-refractivity contribution in [2.24, 2.45) is 16.7 Å². The first-order valence-electron chi connectivity index (χ1n) is 11.0. The Labute approximate surface area is 180 Å². The molecule has 2 aliphatic carbocycles. The van der Waals surface area contributed by atoms with E-state index in [9.17, 15) is 13.2 Å². The van der Waals surface area contributed by atoms with E-state index in [-0.39, 0.29) is 28.1 Å². The molecule has 4 rings (SSSR count). The lowest BCUT2D eigenvalue weighted by atomic mass is 9.59. The molecule has 1 saturated heterocycles. The molecule has 5 atom stereocenters. The molecule has 30 heavy (non-hydrogen) atoms. The second-order valence-corrected chi connectivity index (χ2v) is 11.9. The molecule has 4 nitrogen and oxygen atoms in total. The van der Waals surface area contributed by atoms with Crippen LogP contribution in [0, 0.1) is 16.7 Å². The molecular weight excluding hydrogens is 396 g/mol. The molecule has 1 fully saturated rings. The first kappa shape index (κ1) is 21.5. The lowest BCUT2D eigenvalue weighted by molar-refractivity contribution is -0.128. The van der Waals surface area contributed by atoms with E-state index in [1.165, 1.54) is 5.57 Å². The number of sulfone groups is 1. The standard InChI is InChI=1S/C25H32O4S/c1-5-24(3)15-21(25(4)17(2)11-12-18-13-14-20(26)23(18)25)29-22(16-24)30(27,28)19-9-7-6-8-10-19/h5-10,17,21-22H,1,11-16H2,2-4H3/t17-,21-,22+,24-,25-/m1/s1. The number of hydrogen-bond acceptors (Lipinski definition) is 4. The highest BCUT2D eigenvalue weighted by atomic mass is 32.2. The first-order valence-corrected chi connectivity index (χ1v) is 12.5. The molecule has 162 valence electrons. The normalized spacial score (nSPS) is 37.2. The van der Waals surface area contributed by atoms with Gasteiger partial charge in [-0.05, 0) is 55.6 Å². The summed E-state index contributed by atoms with van der Waals surface area (Å²) in [6.45, 7) is 10.4. The van der Waals surface area contributed by atoms with E-state index in [1.54, 1.807) is 24.3 Å². The van der Waals surface area contributed by atoms with Crippen LogP contribution in [0.5, 0.6) is 0 Å². The van der Waals surface area contributed by atoms with Gasteiger partial charge in [-0.3, -0.25) is 4.79 Å². The van der Waals surface area contributed by atoms with Crippen LogP contribution in [0.3, 0.4) is 0 Å². The number of carbonyl (C=O) groups excluding carboxylic acids is 1. The molecule has 0 saturated carbocycles. The van der Waals surface area contributed by atoms with Crippen LogP contribution in [0.4, 0.5) is 0 Å². The molecule has 0 aromatic heterocycles. The van der Waals surface area contributed by atoms with Gasteiger partial charge < -0.3 is 4.74 Å². The highest BCUT2D eigenvalue weighted by Crippen LogP contribution is 2.56. The summed E-state index contributed by atoms with van der Waals surface area (Å²) < 4.78 is 33.4. The molecule has 0 radical (unpaired) electrons. The molecule has 0 spiro atoms. The maximum atomic E-state index is 13.5. The summed E-state index contributed by atoms with van der Waals surface area (Å²) in [6.07, 6.45) is 5.95. The third-order valence-electron chi connectivity index (χ3n) is 7.91. The van der Waals surface area contributed by atoms with Gasteiger partial charge in [-0.1, -0.05) is 50.6 Å². The van der Waals surface area contributed by atoms with Gasteiger partial charge in [0.25, 0.3) is 0 Å². The molecule has 0 amide bonds. The van der Waals surface area contributed by atoms with Crippen molar-refractivity contribution in [2.75, 3.05) is 0 Å². The quantitative estimate of drug-likeness (QED) is 0.614. The summed E-state index contributed by atoms with van der Waals surface area (Å²) in [5.41, 5.74) is 0.384. The van der Waals surface area contributed by atoms with Gasteiger partial charge in [-0.25, -0.2) is 8.42 Å². The zero-order valence-electron chi connectivity index (χ0n) is 18.2. The highest BCUT2D eigenvalue weighted by molar-refractivity contribution is 7.92. The van der Waals surface area contributed by atoms with Crippen LogP contribution in [0.25, 0.3) is 0 Å². The molecule has 1 aromatic carbocycles. The Bertz CT molecular complexity index is 993. The van der Waals surface area contributed by atoms with Gasteiger partial charge in [0.2, 0.25) is 9.84 Å². The monoisotopic (exact) mass is 428 g/mol. The topological polar surface area (TPSA) is 60.4 Å². The zero-order chi connectivity index (χ0) is 21.7. The molecule has 3 aliphatic rings. The average Bonchev–Trinajstić information content (AvgIpc) is 3.12. The fourth-order valence-electron chi connectivity index (χ4n) is 5.69. The number of carbonyl (C=O) groups is 1. The Morgan fingerprint density at radius 2 is 1.80 bits per heavy atom. The van der Waals surface area contributed by atoms with E-state index >= 15 is 0 Å². The van der Waals surface area contributed by atoms with Gasteiger partial charge >= 0.3 is 0 Å². The number of allylic oxidation sites excluding steroid dienone is 2. The Morgan fingerprint density at radius 1 is 1.10 bits per heavy atom. The lowest BCUT2D eigenvalue weighted by Gasteiger charge is -2.52. The van der Waals surface area contributed by atoms with Gasteiger partial charge in [0.15, 0.2) is 11.2 Å². The highest BCUT2D eigenvalue weighted by Gasteiger charge is 2.55. The summed E-state index contributed by atoms with van der Waals surface area (Å²) in [5, 5.41) is 0. The zero-order valence-corrected chi connectivity index (χ0v) is 19.0. The van der Waals surface area contributed by atoms with Crippen molar-refractivity contribution < 1.29 is 17.9 Å². The molecule has 0 bridgehead atoms. The second-order valence-electron chi connectivity index (χ2n) is 9.80. The summed E-state index contributed by atoms with van der Waals surface area (Å²) in [5.74, 6) is 0.464. The molecule has 5 heteroatoms. The number of hydrogen-bond donors (Lipinski definition) is 0. The van der Waals surface area contributed by atoms with E-state index < -0.39 is 20.7 Å². The smallest absolute Gasteiger partial charge is 0.205 e. The van der Waals surface area contributed by atoms with Gasteiger partial charge in [-0.15, -0.1) is 6.58 Å². The number of rotatable bonds is 4. The average molecular weight is 429 g/mol. The fourth-order valence-corrected chi connectivity index (χ4v) is 7.41. The van der Waals surface area contributed by atoms with Crippen molar-refractivity contribution in [2.45, 2.75) is 75.7 Å². The van der Waals surface area contributed by atoms with Gasteiger partial charge in [0.1, 0.15) is 0 Å². The number of benzene rings is 1. The minimum absolute atomic E-state index is 0.219. The summed E-state index contributed by atoms with van der Waals surface area (Å²) in [6, 6.07) is 8.53. The van der Waals surface area contributed by atoms with Crippen LogP contribution in [0.2, 0.25) is 0 Å². The maximum absolute atomic E-state index is 13.5. The van der Waals surface area contributed by atoms with Crippen LogP contribution in [-0.2, 0) is 19.4 Å². The van der Waals surface area contributed by atoms with Crippen LogP contribution in [0.15, 0.2) is 59.0 Å². The van der Waals surface area contributed by atoms with Gasteiger partial charge in [-0.2, -0.15) is 0 Å². The minimum atomic E-state index is -3.67. The van der Waals surface area contributed by atoms with Gasteiger partial charge in [0, 0.05) is 17.4 Å². The first-order chi connectivity index (χ1) is 14.1. The number of ketones is 1. The van der Waals surface area contributed by atoms with Crippen molar-refractivity contribution >= 4 is 15.6 Å². The summed E-state index contributed by atoms with van der Waals surface area (Å²) >= 11 is 0. The Hall–Kier alpha value is -1.72. The van der Waals surface area contributed by atoms with Crippen molar-refractivity contribution in [1.29, 1.82) is 0 Å². The third kappa shape index (κ3) is 3.31. The van der Waals surface area contributed by atoms with Crippen molar-refractivity contribution in [3.8, 4) is 0 Å². The predicted molar refractivity (Wildman–Crippen MR) is 118 cm³/mol. The van der Waals surface area contributed by atoms with Crippen molar-refractivity contribution in [1.82, 2.24) is 0 Å². The Kier molecular flexibility index (Phi) is 5.34. The van der Waals surface area contributed by atoms with E-state index in [0.717, 1.165) is 24.8 Å². The fraction of sp³-hybridized carbons (Fsp3) is 0.560. The summed E-state index contributed by atoms with van der Waals surface area (Å²) in [4.78, 5) is 13.2. The maximum Gasteiger partial charge on any atom is 0.205 e. The molecule has 1 aliphatic heterocycles. The predicted octanol–water partition coefficient (Wildman–Crippen LogP) is 5.25. The largest absolute Gasteiger partial charge is 0.358 e. The Morgan fingerprint density at radius 3 is 2.47 bits per heavy atom. The minimum Gasteiger partial charge on any atom is -0.358 e. The Balaban J connectivity index is 1.78.